The number of hydrogen-bond acceptors (Lipinski definition) is 3. The maximum absolute atomic E-state index is 11.9. The zero-order valence-corrected chi connectivity index (χ0v) is 13.3. The van der Waals surface area contributed by atoms with E-state index >= 15 is 0 Å². The predicted octanol–water partition coefficient (Wildman–Crippen LogP) is 2.90. The molecule has 0 radical (unpaired) electrons. The van der Waals surface area contributed by atoms with Crippen molar-refractivity contribution in [1.29, 1.82) is 0 Å². The van der Waals surface area contributed by atoms with Crippen LogP contribution < -0.4 is 5.32 Å². The number of hydrogen-bond donors (Lipinski definition) is 1. The van der Waals surface area contributed by atoms with Gasteiger partial charge in [0.05, 0.1) is 5.25 Å². The molecular weight excluding hydrogens is 258 g/mol. The molecule has 1 saturated heterocycles. The van der Waals surface area contributed by atoms with Crippen molar-refractivity contribution in [1.82, 2.24) is 5.32 Å². The van der Waals surface area contributed by atoms with Crippen LogP contribution in [0.15, 0.2) is 0 Å². The fourth-order valence-electron chi connectivity index (χ4n) is 4.14. The molecular formula is C15H29NO2S. The van der Waals surface area contributed by atoms with Crippen LogP contribution in [-0.2, 0) is 9.84 Å². The van der Waals surface area contributed by atoms with Gasteiger partial charge in [-0.05, 0) is 51.0 Å². The summed E-state index contributed by atoms with van der Waals surface area (Å²) in [5.41, 5.74) is 0.208. The third-order valence-corrected chi connectivity index (χ3v) is 7.06. The van der Waals surface area contributed by atoms with E-state index in [0.29, 0.717) is 5.92 Å². The van der Waals surface area contributed by atoms with E-state index in [9.17, 15) is 8.42 Å². The first-order valence-electron chi connectivity index (χ1n) is 7.92. The van der Waals surface area contributed by atoms with Gasteiger partial charge in [-0.1, -0.05) is 26.2 Å². The predicted molar refractivity (Wildman–Crippen MR) is 80.1 cm³/mol. The Labute approximate surface area is 118 Å². The van der Waals surface area contributed by atoms with Crippen LogP contribution in [-0.4, -0.2) is 32.0 Å². The quantitative estimate of drug-likeness (QED) is 0.868. The lowest BCUT2D eigenvalue weighted by atomic mass is 9.71. The standard InChI is InChI=1S/C15H29NO2S/c1-3-15(10-5-4-6-11-16-15)13-8-7-9-14(12-13)19(2,17)18/h13-14,16H,3-12H2,1-2H3. The Morgan fingerprint density at radius 2 is 1.95 bits per heavy atom. The van der Waals surface area contributed by atoms with E-state index in [0.717, 1.165) is 32.2 Å². The van der Waals surface area contributed by atoms with Gasteiger partial charge in [0, 0.05) is 11.8 Å². The molecule has 0 bridgehead atoms. The summed E-state index contributed by atoms with van der Waals surface area (Å²) in [4.78, 5) is 0. The monoisotopic (exact) mass is 287 g/mol. The highest BCUT2D eigenvalue weighted by atomic mass is 32.2. The Balaban J connectivity index is 2.13. The second-order valence-electron chi connectivity index (χ2n) is 6.56. The summed E-state index contributed by atoms with van der Waals surface area (Å²) in [5, 5.41) is 3.69. The van der Waals surface area contributed by atoms with Crippen LogP contribution in [0, 0.1) is 5.92 Å². The molecule has 0 amide bonds. The van der Waals surface area contributed by atoms with Gasteiger partial charge >= 0.3 is 0 Å². The summed E-state index contributed by atoms with van der Waals surface area (Å²) in [6.07, 6.45) is 11.7. The van der Waals surface area contributed by atoms with Crippen LogP contribution in [0.3, 0.4) is 0 Å². The fourth-order valence-corrected chi connectivity index (χ4v) is 5.32. The minimum Gasteiger partial charge on any atom is -0.311 e. The first-order valence-corrected chi connectivity index (χ1v) is 9.87. The smallest absolute Gasteiger partial charge is 0.150 e. The molecule has 1 aliphatic heterocycles. The van der Waals surface area contributed by atoms with E-state index in [-0.39, 0.29) is 10.8 Å². The summed E-state index contributed by atoms with van der Waals surface area (Å²) in [6.45, 7) is 3.37. The summed E-state index contributed by atoms with van der Waals surface area (Å²) in [7, 11) is -2.87. The molecule has 3 nitrogen and oxygen atoms in total. The highest BCUT2D eigenvalue weighted by Gasteiger charge is 2.41. The van der Waals surface area contributed by atoms with Crippen LogP contribution >= 0.6 is 0 Å². The molecule has 0 aromatic heterocycles. The zero-order chi connectivity index (χ0) is 13.9. The summed E-state index contributed by atoms with van der Waals surface area (Å²) in [5.74, 6) is 0.545. The van der Waals surface area contributed by atoms with Crippen LogP contribution in [0.25, 0.3) is 0 Å². The number of sulfone groups is 1. The molecule has 0 aromatic carbocycles. The molecule has 4 heteroatoms. The lowest BCUT2D eigenvalue weighted by Gasteiger charge is -2.44. The molecule has 2 fully saturated rings. The van der Waals surface area contributed by atoms with Crippen molar-refractivity contribution in [2.24, 2.45) is 5.92 Å². The Bertz CT molecular complexity index is 383. The van der Waals surface area contributed by atoms with E-state index in [1.807, 2.05) is 0 Å². The van der Waals surface area contributed by atoms with Crippen molar-refractivity contribution in [3.63, 3.8) is 0 Å². The normalized spacial score (nSPS) is 37.8. The molecule has 3 atom stereocenters. The molecule has 1 saturated carbocycles. The number of rotatable bonds is 3. The molecule has 0 aromatic rings. The van der Waals surface area contributed by atoms with E-state index in [2.05, 4.69) is 12.2 Å². The van der Waals surface area contributed by atoms with E-state index < -0.39 is 9.84 Å². The van der Waals surface area contributed by atoms with Gasteiger partial charge in [-0.15, -0.1) is 0 Å². The van der Waals surface area contributed by atoms with E-state index in [4.69, 9.17) is 0 Å². The van der Waals surface area contributed by atoms with Crippen LogP contribution in [0.2, 0.25) is 0 Å². The maximum atomic E-state index is 11.9. The maximum Gasteiger partial charge on any atom is 0.150 e. The van der Waals surface area contributed by atoms with Crippen molar-refractivity contribution in [2.45, 2.75) is 75.5 Å². The zero-order valence-electron chi connectivity index (χ0n) is 12.5. The fraction of sp³-hybridized carbons (Fsp3) is 1.00. The molecule has 0 spiro atoms. The molecule has 1 aliphatic carbocycles. The molecule has 3 unspecified atom stereocenters. The SMILES string of the molecule is CCC1(C2CCCC(S(C)(=O)=O)C2)CCCCCN1. The average Bonchev–Trinajstić information content (AvgIpc) is 2.64. The lowest BCUT2D eigenvalue weighted by Crippen LogP contribution is -2.52. The van der Waals surface area contributed by atoms with Gasteiger partial charge in [0.1, 0.15) is 9.84 Å². The third-order valence-electron chi connectivity index (χ3n) is 5.42. The van der Waals surface area contributed by atoms with Gasteiger partial charge in [0.25, 0.3) is 0 Å². The van der Waals surface area contributed by atoms with Gasteiger partial charge < -0.3 is 5.32 Å². The molecule has 112 valence electrons. The Hall–Kier alpha value is -0.0900. The Kier molecular flexibility index (Phi) is 4.93. The van der Waals surface area contributed by atoms with Gasteiger partial charge in [0.15, 0.2) is 0 Å². The Morgan fingerprint density at radius 1 is 1.16 bits per heavy atom. The summed E-state index contributed by atoms with van der Waals surface area (Å²) < 4.78 is 23.7. The first kappa shape index (κ1) is 15.3. The van der Waals surface area contributed by atoms with E-state index in [1.54, 1.807) is 0 Å². The van der Waals surface area contributed by atoms with Crippen LogP contribution in [0.1, 0.15) is 64.7 Å². The van der Waals surface area contributed by atoms with Crippen molar-refractivity contribution in [2.75, 3.05) is 12.8 Å². The lowest BCUT2D eigenvalue weighted by molar-refractivity contribution is 0.149. The molecule has 1 N–H and O–H groups in total. The van der Waals surface area contributed by atoms with E-state index in [1.165, 1.54) is 38.4 Å². The second-order valence-corrected chi connectivity index (χ2v) is 8.89. The number of nitrogens with one attached hydrogen (secondary N) is 1. The Morgan fingerprint density at radius 3 is 2.63 bits per heavy atom. The third kappa shape index (κ3) is 3.52. The summed E-state index contributed by atoms with van der Waals surface area (Å²) in [6, 6.07) is 0. The van der Waals surface area contributed by atoms with Crippen LogP contribution in [0.4, 0.5) is 0 Å². The molecule has 2 rings (SSSR count). The molecule has 19 heavy (non-hydrogen) atoms. The van der Waals surface area contributed by atoms with Gasteiger partial charge in [-0.3, -0.25) is 0 Å². The second kappa shape index (κ2) is 6.13. The largest absolute Gasteiger partial charge is 0.311 e. The van der Waals surface area contributed by atoms with Gasteiger partial charge in [0.2, 0.25) is 0 Å². The highest BCUT2D eigenvalue weighted by Crippen LogP contribution is 2.40. The van der Waals surface area contributed by atoms with Gasteiger partial charge in [-0.2, -0.15) is 0 Å². The van der Waals surface area contributed by atoms with Crippen molar-refractivity contribution in [3.8, 4) is 0 Å². The molecule has 1 heterocycles. The van der Waals surface area contributed by atoms with Crippen LogP contribution in [0.5, 0.6) is 0 Å². The average molecular weight is 287 g/mol. The van der Waals surface area contributed by atoms with Crippen molar-refractivity contribution in [3.05, 3.63) is 0 Å². The topological polar surface area (TPSA) is 46.2 Å². The first-order chi connectivity index (χ1) is 8.98. The van der Waals surface area contributed by atoms with Crippen molar-refractivity contribution < 1.29 is 8.42 Å². The minimum absolute atomic E-state index is 0.0975. The van der Waals surface area contributed by atoms with Gasteiger partial charge in [-0.25, -0.2) is 8.42 Å². The minimum atomic E-state index is -2.87. The molecule has 2 aliphatic rings. The summed E-state index contributed by atoms with van der Waals surface area (Å²) >= 11 is 0. The highest BCUT2D eigenvalue weighted by molar-refractivity contribution is 7.91. The van der Waals surface area contributed by atoms with Crippen molar-refractivity contribution >= 4 is 9.84 Å².